The van der Waals surface area contributed by atoms with Crippen molar-refractivity contribution in [3.05, 3.63) is 63.6 Å². The third kappa shape index (κ3) is 5.74. The van der Waals surface area contributed by atoms with Gasteiger partial charge in [0.1, 0.15) is 0 Å². The van der Waals surface area contributed by atoms with Gasteiger partial charge in [0, 0.05) is 17.1 Å². The van der Waals surface area contributed by atoms with Crippen molar-refractivity contribution >= 4 is 52.6 Å². The molecule has 0 aromatic heterocycles. The van der Waals surface area contributed by atoms with E-state index in [1.165, 1.54) is 18.2 Å². The Morgan fingerprint density at radius 1 is 1.16 bits per heavy atom. The summed E-state index contributed by atoms with van der Waals surface area (Å²) < 4.78 is 5.04. The Morgan fingerprint density at radius 3 is 2.61 bits per heavy atom. The Labute approximate surface area is 188 Å². The molecule has 1 atom stereocenters. The highest BCUT2D eigenvalue weighted by atomic mass is 35.5. The molecular formula is C21H19Cl2N3O5. The van der Waals surface area contributed by atoms with Gasteiger partial charge in [0.05, 0.1) is 23.0 Å². The molecule has 0 unspecified atom stereocenters. The second kappa shape index (κ2) is 9.80. The number of hydrogen-bond donors (Lipinski definition) is 2. The second-order valence-electron chi connectivity index (χ2n) is 6.94. The van der Waals surface area contributed by atoms with Crippen molar-refractivity contribution in [2.75, 3.05) is 18.5 Å². The fourth-order valence-electron chi connectivity index (χ4n) is 2.98. The van der Waals surface area contributed by atoms with Crippen molar-refractivity contribution in [2.24, 2.45) is 5.92 Å². The van der Waals surface area contributed by atoms with Crippen LogP contribution in [0, 0.1) is 12.8 Å². The first kappa shape index (κ1) is 22.6. The molecule has 31 heavy (non-hydrogen) atoms. The van der Waals surface area contributed by atoms with E-state index in [0.717, 1.165) is 10.6 Å². The number of aryl methyl sites for hydroxylation is 1. The minimum absolute atomic E-state index is 0.0754. The van der Waals surface area contributed by atoms with Gasteiger partial charge in [-0.05, 0) is 36.8 Å². The Bertz CT molecular complexity index is 1040. The molecule has 2 N–H and O–H groups in total. The zero-order chi connectivity index (χ0) is 22.5. The fraction of sp³-hybridized carbons (Fsp3) is 0.238. The number of benzene rings is 2. The summed E-state index contributed by atoms with van der Waals surface area (Å²) in [6, 6.07) is 11.5. The van der Waals surface area contributed by atoms with Crippen molar-refractivity contribution in [3.8, 4) is 0 Å². The lowest BCUT2D eigenvalue weighted by Gasteiger charge is -2.18. The summed E-state index contributed by atoms with van der Waals surface area (Å²) in [6.45, 7) is 1.28. The lowest BCUT2D eigenvalue weighted by molar-refractivity contribution is -0.151. The van der Waals surface area contributed by atoms with E-state index in [-0.39, 0.29) is 23.6 Å². The minimum Gasteiger partial charge on any atom is -0.455 e. The third-order valence-corrected chi connectivity index (χ3v) is 5.18. The zero-order valence-electron chi connectivity index (χ0n) is 16.5. The summed E-state index contributed by atoms with van der Waals surface area (Å²) >= 11 is 11.8. The first-order chi connectivity index (χ1) is 14.7. The van der Waals surface area contributed by atoms with Gasteiger partial charge in [0.25, 0.3) is 11.8 Å². The smallest absolute Gasteiger partial charge is 0.311 e. The fourth-order valence-corrected chi connectivity index (χ4v) is 3.48. The summed E-state index contributed by atoms with van der Waals surface area (Å²) in [5.74, 6) is -3.06. The largest absolute Gasteiger partial charge is 0.455 e. The lowest BCUT2D eigenvalue weighted by Crippen LogP contribution is -2.43. The SMILES string of the molecule is Cc1ccccc1NC(=O)COC(=O)[C@H]1CC(=O)N(NC(=O)c2ccc(Cl)cc2Cl)C1. The number of carbonyl (C=O) groups is 4. The van der Waals surface area contributed by atoms with Crippen LogP contribution in [0.4, 0.5) is 5.69 Å². The summed E-state index contributed by atoms with van der Waals surface area (Å²) in [5, 5.41) is 4.19. The maximum Gasteiger partial charge on any atom is 0.311 e. The van der Waals surface area contributed by atoms with Crippen molar-refractivity contribution in [1.29, 1.82) is 0 Å². The molecular weight excluding hydrogens is 445 g/mol. The predicted molar refractivity (Wildman–Crippen MR) is 115 cm³/mol. The number of carbonyl (C=O) groups excluding carboxylic acids is 4. The Morgan fingerprint density at radius 2 is 1.90 bits per heavy atom. The van der Waals surface area contributed by atoms with Crippen LogP contribution in [-0.2, 0) is 19.1 Å². The molecule has 2 aromatic rings. The van der Waals surface area contributed by atoms with E-state index in [1.807, 2.05) is 19.1 Å². The number of hydrogen-bond acceptors (Lipinski definition) is 5. The van der Waals surface area contributed by atoms with Crippen molar-refractivity contribution in [3.63, 3.8) is 0 Å². The number of nitrogens with one attached hydrogen (secondary N) is 2. The molecule has 2 aromatic carbocycles. The molecule has 0 spiro atoms. The monoisotopic (exact) mass is 463 g/mol. The summed E-state index contributed by atoms with van der Waals surface area (Å²) in [6.07, 6.45) is -0.146. The summed E-state index contributed by atoms with van der Waals surface area (Å²) in [7, 11) is 0. The Balaban J connectivity index is 1.51. The molecule has 1 heterocycles. The molecule has 1 aliphatic rings. The lowest BCUT2D eigenvalue weighted by atomic mass is 10.1. The van der Waals surface area contributed by atoms with Crippen LogP contribution < -0.4 is 10.7 Å². The zero-order valence-corrected chi connectivity index (χ0v) is 18.0. The maximum absolute atomic E-state index is 12.4. The molecule has 1 fully saturated rings. The van der Waals surface area contributed by atoms with Crippen LogP contribution in [-0.4, -0.2) is 41.9 Å². The van der Waals surface area contributed by atoms with Crippen LogP contribution in [0.15, 0.2) is 42.5 Å². The summed E-state index contributed by atoms with van der Waals surface area (Å²) in [4.78, 5) is 48.9. The van der Waals surface area contributed by atoms with Crippen molar-refractivity contribution in [2.45, 2.75) is 13.3 Å². The maximum atomic E-state index is 12.4. The average Bonchev–Trinajstić information content (AvgIpc) is 3.08. The average molecular weight is 464 g/mol. The van der Waals surface area contributed by atoms with Crippen LogP contribution in [0.3, 0.4) is 0 Å². The van der Waals surface area contributed by atoms with Crippen LogP contribution >= 0.6 is 23.2 Å². The number of para-hydroxylation sites is 1. The number of anilines is 1. The standard InChI is InChI=1S/C21H19Cl2N3O5/c1-12-4-2-3-5-17(12)24-18(27)11-31-21(30)13-8-19(28)26(10-13)25-20(29)15-7-6-14(22)9-16(15)23/h2-7,9,13H,8,10-11H2,1H3,(H,24,27)(H,25,29)/t13-/m0/s1. The van der Waals surface area contributed by atoms with Gasteiger partial charge in [-0.2, -0.15) is 0 Å². The van der Waals surface area contributed by atoms with Gasteiger partial charge in [-0.1, -0.05) is 41.4 Å². The highest BCUT2D eigenvalue weighted by Gasteiger charge is 2.37. The quantitative estimate of drug-likeness (QED) is 0.640. The van der Waals surface area contributed by atoms with E-state index >= 15 is 0 Å². The molecule has 1 aliphatic heterocycles. The van der Waals surface area contributed by atoms with Gasteiger partial charge >= 0.3 is 5.97 Å². The van der Waals surface area contributed by atoms with E-state index in [4.69, 9.17) is 27.9 Å². The molecule has 162 valence electrons. The molecule has 0 aliphatic carbocycles. The number of nitrogens with zero attached hydrogens (tertiary/aromatic N) is 1. The first-order valence-corrected chi connectivity index (χ1v) is 10.1. The van der Waals surface area contributed by atoms with Crippen molar-refractivity contribution in [1.82, 2.24) is 10.4 Å². The Hall–Kier alpha value is -3.10. The minimum atomic E-state index is -0.806. The van der Waals surface area contributed by atoms with Crippen LogP contribution in [0.5, 0.6) is 0 Å². The van der Waals surface area contributed by atoms with Gasteiger partial charge in [0.15, 0.2) is 6.61 Å². The summed E-state index contributed by atoms with van der Waals surface area (Å²) in [5.41, 5.74) is 4.05. The molecule has 8 nitrogen and oxygen atoms in total. The van der Waals surface area contributed by atoms with Crippen LogP contribution in [0.2, 0.25) is 10.0 Å². The molecule has 3 amide bonds. The number of halogens is 2. The second-order valence-corrected chi connectivity index (χ2v) is 7.78. The van der Waals surface area contributed by atoms with Gasteiger partial charge in [-0.25, -0.2) is 0 Å². The van der Waals surface area contributed by atoms with E-state index in [9.17, 15) is 19.2 Å². The highest BCUT2D eigenvalue weighted by molar-refractivity contribution is 6.36. The number of amides is 3. The van der Waals surface area contributed by atoms with Crippen LogP contribution in [0.1, 0.15) is 22.3 Å². The number of rotatable bonds is 6. The number of esters is 1. The molecule has 3 rings (SSSR count). The van der Waals surface area contributed by atoms with E-state index in [1.54, 1.807) is 12.1 Å². The topological polar surface area (TPSA) is 105 Å². The van der Waals surface area contributed by atoms with Gasteiger partial charge in [-0.3, -0.25) is 29.6 Å². The van der Waals surface area contributed by atoms with Crippen LogP contribution in [0.25, 0.3) is 0 Å². The van der Waals surface area contributed by atoms with E-state index in [0.29, 0.717) is 10.7 Å². The van der Waals surface area contributed by atoms with Gasteiger partial charge in [0.2, 0.25) is 5.91 Å². The third-order valence-electron chi connectivity index (χ3n) is 4.64. The van der Waals surface area contributed by atoms with Gasteiger partial charge < -0.3 is 10.1 Å². The molecule has 10 heteroatoms. The molecule has 0 saturated carbocycles. The first-order valence-electron chi connectivity index (χ1n) is 9.33. The number of ether oxygens (including phenoxy) is 1. The molecule has 0 radical (unpaired) electrons. The highest BCUT2D eigenvalue weighted by Crippen LogP contribution is 2.22. The van der Waals surface area contributed by atoms with E-state index in [2.05, 4.69) is 10.7 Å². The predicted octanol–water partition coefficient (Wildman–Crippen LogP) is 2.98. The van der Waals surface area contributed by atoms with E-state index < -0.39 is 36.2 Å². The van der Waals surface area contributed by atoms with Gasteiger partial charge in [-0.15, -0.1) is 0 Å². The van der Waals surface area contributed by atoms with Crippen molar-refractivity contribution < 1.29 is 23.9 Å². The number of hydrazine groups is 1. The molecule has 1 saturated heterocycles. The Kier molecular flexibility index (Phi) is 7.14. The molecule has 0 bridgehead atoms. The normalized spacial score (nSPS) is 15.5.